The average molecular weight is 244 g/mol. The molecule has 0 radical (unpaired) electrons. The van der Waals surface area contributed by atoms with Gasteiger partial charge in [-0.3, -0.25) is 0 Å². The maximum Gasteiger partial charge on any atom is 0.124 e. The van der Waals surface area contributed by atoms with Crippen LogP contribution in [-0.4, -0.2) is 32.6 Å². The lowest BCUT2D eigenvalue weighted by Crippen LogP contribution is -2.27. The molecule has 96 valence electrons. The van der Waals surface area contributed by atoms with Crippen LogP contribution < -0.4 is 10.5 Å². The van der Waals surface area contributed by atoms with Crippen LogP contribution in [0.25, 0.3) is 10.8 Å². The lowest BCUT2D eigenvalue weighted by atomic mass is 9.97. The Morgan fingerprint density at radius 1 is 1.17 bits per heavy atom. The maximum absolute atomic E-state index is 5.92. The minimum absolute atomic E-state index is 0.158. The Hall–Kier alpha value is -1.58. The van der Waals surface area contributed by atoms with E-state index in [4.69, 9.17) is 10.5 Å². The minimum atomic E-state index is 0.158. The van der Waals surface area contributed by atoms with Gasteiger partial charge in [-0.15, -0.1) is 0 Å². The van der Waals surface area contributed by atoms with Gasteiger partial charge in [-0.25, -0.2) is 0 Å². The second-order valence-corrected chi connectivity index (χ2v) is 4.62. The Morgan fingerprint density at radius 3 is 2.50 bits per heavy atom. The molecule has 1 atom stereocenters. The Labute approximate surface area is 108 Å². The third kappa shape index (κ3) is 2.19. The summed E-state index contributed by atoms with van der Waals surface area (Å²) in [5.41, 5.74) is 7.09. The first kappa shape index (κ1) is 12.9. The largest absolute Gasteiger partial charge is 0.496 e. The summed E-state index contributed by atoms with van der Waals surface area (Å²) in [7, 11) is 5.79. The van der Waals surface area contributed by atoms with Crippen molar-refractivity contribution in [3.63, 3.8) is 0 Å². The van der Waals surface area contributed by atoms with E-state index in [-0.39, 0.29) is 6.04 Å². The lowest BCUT2D eigenvalue weighted by Gasteiger charge is -2.26. The Kier molecular flexibility index (Phi) is 3.84. The predicted molar refractivity (Wildman–Crippen MR) is 76.0 cm³/mol. The van der Waals surface area contributed by atoms with Gasteiger partial charge in [0.2, 0.25) is 0 Å². The number of hydrogen-bond acceptors (Lipinski definition) is 3. The number of nitrogens with zero attached hydrogens (tertiary/aromatic N) is 1. The van der Waals surface area contributed by atoms with E-state index >= 15 is 0 Å². The smallest absolute Gasteiger partial charge is 0.124 e. The van der Waals surface area contributed by atoms with Crippen LogP contribution in [0.15, 0.2) is 36.4 Å². The number of methoxy groups -OCH3 is 1. The van der Waals surface area contributed by atoms with Crippen LogP contribution in [0.1, 0.15) is 11.6 Å². The summed E-state index contributed by atoms with van der Waals surface area (Å²) in [5.74, 6) is 0.901. The number of ether oxygens (including phenoxy) is 1. The fraction of sp³-hybridized carbons (Fsp3) is 0.333. The van der Waals surface area contributed by atoms with Gasteiger partial charge >= 0.3 is 0 Å². The quantitative estimate of drug-likeness (QED) is 0.897. The van der Waals surface area contributed by atoms with Gasteiger partial charge in [0, 0.05) is 12.1 Å². The predicted octanol–water partition coefficient (Wildman–Crippen LogP) is 2.41. The van der Waals surface area contributed by atoms with E-state index < -0.39 is 0 Å². The van der Waals surface area contributed by atoms with Crippen molar-refractivity contribution in [2.24, 2.45) is 5.73 Å². The fourth-order valence-corrected chi connectivity index (χ4v) is 2.38. The van der Waals surface area contributed by atoms with Gasteiger partial charge in [0.05, 0.1) is 13.2 Å². The van der Waals surface area contributed by atoms with Gasteiger partial charge in [-0.2, -0.15) is 0 Å². The van der Waals surface area contributed by atoms with Crippen molar-refractivity contribution >= 4 is 10.8 Å². The molecule has 0 spiro atoms. The summed E-state index contributed by atoms with van der Waals surface area (Å²) in [4.78, 5) is 2.13. The zero-order valence-electron chi connectivity index (χ0n) is 11.2. The highest BCUT2D eigenvalue weighted by Gasteiger charge is 2.19. The molecule has 0 bridgehead atoms. The van der Waals surface area contributed by atoms with Crippen LogP contribution in [0.5, 0.6) is 5.75 Å². The second kappa shape index (κ2) is 5.38. The lowest BCUT2D eigenvalue weighted by molar-refractivity contribution is 0.297. The van der Waals surface area contributed by atoms with E-state index in [0.717, 1.165) is 5.75 Å². The first-order valence-electron chi connectivity index (χ1n) is 6.11. The molecular formula is C15H20N2O. The fourth-order valence-electron chi connectivity index (χ4n) is 2.38. The molecule has 0 aliphatic rings. The van der Waals surface area contributed by atoms with Crippen molar-refractivity contribution in [1.29, 1.82) is 0 Å². The number of hydrogen-bond donors (Lipinski definition) is 1. The Morgan fingerprint density at radius 2 is 1.89 bits per heavy atom. The summed E-state index contributed by atoms with van der Waals surface area (Å²) in [6, 6.07) is 12.6. The molecule has 0 aromatic heterocycles. The molecule has 2 aromatic carbocycles. The molecule has 3 nitrogen and oxygen atoms in total. The standard InChI is InChI=1S/C15H20N2O/c1-17(2)13(10-16)15-12-7-5-4-6-11(12)8-9-14(15)18-3/h4-9,13H,10,16H2,1-3H3/t13-/m0/s1. The average Bonchev–Trinajstić information content (AvgIpc) is 2.39. The molecule has 3 heteroatoms. The van der Waals surface area contributed by atoms with Gasteiger partial charge < -0.3 is 15.4 Å². The highest BCUT2D eigenvalue weighted by atomic mass is 16.5. The highest BCUT2D eigenvalue weighted by Crippen LogP contribution is 2.34. The van der Waals surface area contributed by atoms with Crippen LogP contribution in [0, 0.1) is 0 Å². The Balaban J connectivity index is 2.71. The number of rotatable bonds is 4. The molecule has 2 N–H and O–H groups in total. The molecule has 0 fully saturated rings. The molecule has 0 aliphatic heterocycles. The first-order valence-corrected chi connectivity index (χ1v) is 6.11. The van der Waals surface area contributed by atoms with Crippen molar-refractivity contribution in [3.05, 3.63) is 42.0 Å². The number of benzene rings is 2. The molecular weight excluding hydrogens is 224 g/mol. The second-order valence-electron chi connectivity index (χ2n) is 4.62. The van der Waals surface area contributed by atoms with Gasteiger partial charge in [-0.1, -0.05) is 30.3 Å². The molecule has 18 heavy (non-hydrogen) atoms. The zero-order valence-corrected chi connectivity index (χ0v) is 11.2. The van der Waals surface area contributed by atoms with E-state index in [2.05, 4.69) is 29.2 Å². The van der Waals surface area contributed by atoms with Crippen LogP contribution in [0.4, 0.5) is 0 Å². The third-order valence-corrected chi connectivity index (χ3v) is 3.33. The summed E-state index contributed by atoms with van der Waals surface area (Å²) in [6.07, 6.45) is 0. The summed E-state index contributed by atoms with van der Waals surface area (Å²) >= 11 is 0. The summed E-state index contributed by atoms with van der Waals surface area (Å²) in [5, 5.41) is 2.43. The first-order chi connectivity index (χ1) is 8.69. The molecule has 2 aromatic rings. The van der Waals surface area contributed by atoms with Crippen molar-refractivity contribution in [2.45, 2.75) is 6.04 Å². The molecule has 0 aliphatic carbocycles. The topological polar surface area (TPSA) is 38.5 Å². The van der Waals surface area contributed by atoms with Gasteiger partial charge in [-0.05, 0) is 30.9 Å². The number of likely N-dealkylation sites (N-methyl/N-ethyl adjacent to an activating group) is 1. The Bertz CT molecular complexity index is 537. The monoisotopic (exact) mass is 244 g/mol. The van der Waals surface area contributed by atoms with Crippen LogP contribution in [0.3, 0.4) is 0 Å². The highest BCUT2D eigenvalue weighted by molar-refractivity contribution is 5.88. The van der Waals surface area contributed by atoms with Gasteiger partial charge in [0.25, 0.3) is 0 Å². The van der Waals surface area contributed by atoms with Gasteiger partial charge in [0.1, 0.15) is 5.75 Å². The van der Waals surface area contributed by atoms with Crippen molar-refractivity contribution < 1.29 is 4.74 Å². The van der Waals surface area contributed by atoms with E-state index in [1.54, 1.807) is 7.11 Å². The molecule has 0 saturated carbocycles. The van der Waals surface area contributed by atoms with E-state index in [1.165, 1.54) is 16.3 Å². The van der Waals surface area contributed by atoms with Crippen molar-refractivity contribution in [3.8, 4) is 5.75 Å². The molecule has 2 rings (SSSR count). The van der Waals surface area contributed by atoms with Crippen molar-refractivity contribution in [2.75, 3.05) is 27.7 Å². The third-order valence-electron chi connectivity index (χ3n) is 3.33. The van der Waals surface area contributed by atoms with E-state index in [1.807, 2.05) is 26.2 Å². The molecule has 0 unspecified atom stereocenters. The molecule has 0 saturated heterocycles. The van der Waals surface area contributed by atoms with E-state index in [0.29, 0.717) is 6.54 Å². The molecule has 0 amide bonds. The van der Waals surface area contributed by atoms with Crippen LogP contribution >= 0.6 is 0 Å². The number of nitrogens with two attached hydrogens (primary N) is 1. The van der Waals surface area contributed by atoms with Crippen molar-refractivity contribution in [1.82, 2.24) is 4.90 Å². The van der Waals surface area contributed by atoms with Gasteiger partial charge in [0.15, 0.2) is 0 Å². The summed E-state index contributed by atoms with van der Waals surface area (Å²) in [6.45, 7) is 0.567. The maximum atomic E-state index is 5.92. The normalized spacial score (nSPS) is 12.9. The number of fused-ring (bicyclic) bond motifs is 1. The molecule has 0 heterocycles. The SMILES string of the molecule is COc1ccc2ccccc2c1[C@H](CN)N(C)C. The van der Waals surface area contributed by atoms with E-state index in [9.17, 15) is 0 Å². The van der Waals surface area contributed by atoms with Crippen LogP contribution in [-0.2, 0) is 0 Å². The summed E-state index contributed by atoms with van der Waals surface area (Å²) < 4.78 is 5.50. The minimum Gasteiger partial charge on any atom is -0.496 e. The van der Waals surface area contributed by atoms with Crippen LogP contribution in [0.2, 0.25) is 0 Å². The zero-order chi connectivity index (χ0) is 13.1.